The monoisotopic (exact) mass is 229 g/mol. The van der Waals surface area contributed by atoms with E-state index < -0.39 is 0 Å². The molecule has 1 fully saturated rings. The topological polar surface area (TPSA) is 42.2 Å². The molecule has 3 nitrogen and oxygen atoms in total. The van der Waals surface area contributed by atoms with Gasteiger partial charge >= 0.3 is 7.12 Å². The van der Waals surface area contributed by atoms with Crippen LogP contribution in [0, 0.1) is 11.3 Å². The number of hydrogen-bond donors (Lipinski definition) is 0. The maximum atomic E-state index is 9.07. The minimum absolute atomic E-state index is 0.385. The van der Waals surface area contributed by atoms with Crippen molar-refractivity contribution in [2.24, 2.45) is 0 Å². The first-order valence-electron chi connectivity index (χ1n) is 6.14. The van der Waals surface area contributed by atoms with E-state index in [-0.39, 0.29) is 7.12 Å². The van der Waals surface area contributed by atoms with Gasteiger partial charge in [0.1, 0.15) is 0 Å². The lowest BCUT2D eigenvalue weighted by Crippen LogP contribution is -2.39. The summed E-state index contributed by atoms with van der Waals surface area (Å²) in [6.07, 6.45) is 4.51. The van der Waals surface area contributed by atoms with Gasteiger partial charge in [0.2, 0.25) is 0 Å². The van der Waals surface area contributed by atoms with Gasteiger partial charge in [0.15, 0.2) is 0 Å². The lowest BCUT2D eigenvalue weighted by atomic mass is 9.76. The number of hydrogen-bond acceptors (Lipinski definition) is 3. The van der Waals surface area contributed by atoms with Crippen molar-refractivity contribution in [2.45, 2.75) is 25.7 Å². The van der Waals surface area contributed by atoms with Crippen molar-refractivity contribution in [2.75, 3.05) is 13.2 Å². The maximum Gasteiger partial charge on any atom is 0.495 e. The van der Waals surface area contributed by atoms with Crippen LogP contribution < -0.4 is 5.46 Å². The van der Waals surface area contributed by atoms with Gasteiger partial charge in [-0.25, -0.2) is 0 Å². The molecule has 1 saturated heterocycles. The molecule has 0 saturated carbocycles. The summed E-state index contributed by atoms with van der Waals surface area (Å²) in [7, 11) is -0.385. The number of nitriles is 1. The van der Waals surface area contributed by atoms with Crippen molar-refractivity contribution in [1.82, 2.24) is 0 Å². The van der Waals surface area contributed by atoms with Crippen molar-refractivity contribution in [3.05, 3.63) is 29.8 Å². The van der Waals surface area contributed by atoms with Gasteiger partial charge in [0, 0.05) is 18.7 Å². The fourth-order valence-corrected chi connectivity index (χ4v) is 1.97. The first kappa shape index (κ1) is 12.2. The lowest BCUT2D eigenvalue weighted by molar-refractivity contribution is 0.214. The van der Waals surface area contributed by atoms with E-state index in [0.717, 1.165) is 18.3 Å². The summed E-state index contributed by atoms with van der Waals surface area (Å²) in [5.41, 5.74) is 1.48. The predicted octanol–water partition coefficient (Wildman–Crippen LogP) is 1.86. The molecule has 1 aliphatic rings. The second-order valence-corrected chi connectivity index (χ2v) is 4.19. The zero-order chi connectivity index (χ0) is 11.9. The zero-order valence-corrected chi connectivity index (χ0v) is 9.89. The summed E-state index contributed by atoms with van der Waals surface area (Å²) in [6.45, 7) is 1.40. The summed E-state index contributed by atoms with van der Waals surface area (Å²) < 4.78 is 11.4. The van der Waals surface area contributed by atoms with Gasteiger partial charge in [-0.05, 0) is 18.9 Å². The third-order valence-corrected chi connectivity index (χ3v) is 2.91. The fourth-order valence-electron chi connectivity index (χ4n) is 1.97. The summed E-state index contributed by atoms with van der Waals surface area (Å²) in [6, 6.07) is 9.66. The molecule has 1 heterocycles. The summed E-state index contributed by atoms with van der Waals surface area (Å²) >= 11 is 0. The Morgan fingerprint density at radius 2 is 1.65 bits per heavy atom. The number of rotatable bonds is 1. The normalized spacial score (nSPS) is 17.7. The molecule has 0 N–H and O–H groups in total. The lowest BCUT2D eigenvalue weighted by Gasteiger charge is -2.14. The van der Waals surface area contributed by atoms with Crippen molar-refractivity contribution in [1.29, 1.82) is 5.26 Å². The van der Waals surface area contributed by atoms with Crippen molar-refractivity contribution in [3.63, 3.8) is 0 Å². The molecule has 0 amide bonds. The Morgan fingerprint density at radius 3 is 2.29 bits per heavy atom. The van der Waals surface area contributed by atoms with E-state index in [1.807, 2.05) is 18.2 Å². The van der Waals surface area contributed by atoms with Gasteiger partial charge in [-0.3, -0.25) is 0 Å². The van der Waals surface area contributed by atoms with E-state index in [1.165, 1.54) is 12.8 Å². The molecule has 4 heteroatoms. The molecular formula is C13H16BNO2. The van der Waals surface area contributed by atoms with E-state index >= 15 is 0 Å². The van der Waals surface area contributed by atoms with Crippen LogP contribution in [0.4, 0.5) is 0 Å². The fraction of sp³-hybridized carbons (Fsp3) is 0.462. The molecule has 0 atom stereocenters. The van der Waals surface area contributed by atoms with Crippen molar-refractivity contribution < 1.29 is 9.31 Å². The highest BCUT2D eigenvalue weighted by Gasteiger charge is 2.24. The quantitative estimate of drug-likeness (QED) is 0.690. The van der Waals surface area contributed by atoms with Gasteiger partial charge in [0.05, 0.1) is 11.6 Å². The Morgan fingerprint density at radius 1 is 1.00 bits per heavy atom. The van der Waals surface area contributed by atoms with Crippen LogP contribution in [0.3, 0.4) is 0 Å². The van der Waals surface area contributed by atoms with Crippen LogP contribution in [0.15, 0.2) is 24.3 Å². The van der Waals surface area contributed by atoms with Gasteiger partial charge in [-0.2, -0.15) is 5.26 Å². The minimum Gasteiger partial charge on any atom is -0.407 e. The Labute approximate surface area is 102 Å². The molecule has 88 valence electrons. The second kappa shape index (κ2) is 6.44. The van der Waals surface area contributed by atoms with Gasteiger partial charge < -0.3 is 9.31 Å². The second-order valence-electron chi connectivity index (χ2n) is 4.19. The zero-order valence-electron chi connectivity index (χ0n) is 9.89. The van der Waals surface area contributed by atoms with Crippen molar-refractivity contribution in [3.8, 4) is 6.07 Å². The Hall–Kier alpha value is -1.31. The highest BCUT2D eigenvalue weighted by Crippen LogP contribution is 2.07. The van der Waals surface area contributed by atoms with Crippen LogP contribution in [0.1, 0.15) is 31.2 Å². The first-order chi connectivity index (χ1) is 8.42. The molecule has 1 aromatic rings. The summed E-state index contributed by atoms with van der Waals surface area (Å²) in [4.78, 5) is 0. The Kier molecular flexibility index (Phi) is 4.60. The van der Waals surface area contributed by atoms with Crippen LogP contribution in [0.5, 0.6) is 0 Å². The standard InChI is InChI=1S/C13H16BNO2/c15-11-12-7-3-4-8-13(12)14-16-9-5-1-2-6-10-17-14/h3-4,7-8H,1-2,5-6,9-10H2. The average Bonchev–Trinajstić information content (AvgIpc) is 2.52. The molecule has 0 bridgehead atoms. The van der Waals surface area contributed by atoms with Crippen LogP contribution in [0.2, 0.25) is 0 Å². The maximum absolute atomic E-state index is 9.07. The van der Waals surface area contributed by atoms with E-state index in [4.69, 9.17) is 14.6 Å². The molecule has 0 spiro atoms. The summed E-state index contributed by atoms with van der Waals surface area (Å²) in [5.74, 6) is 0. The van der Waals surface area contributed by atoms with Crippen LogP contribution in [-0.2, 0) is 9.31 Å². The highest BCUT2D eigenvalue weighted by molar-refractivity contribution is 6.62. The Bertz CT molecular complexity index is 393. The number of nitrogens with zero attached hydrogens (tertiary/aromatic N) is 1. The molecule has 0 radical (unpaired) electrons. The molecule has 0 unspecified atom stereocenters. The van der Waals surface area contributed by atoms with Crippen molar-refractivity contribution >= 4 is 12.6 Å². The van der Waals surface area contributed by atoms with Gasteiger partial charge in [-0.1, -0.05) is 31.0 Å². The molecule has 17 heavy (non-hydrogen) atoms. The molecule has 0 aliphatic carbocycles. The van der Waals surface area contributed by atoms with E-state index in [0.29, 0.717) is 18.8 Å². The minimum atomic E-state index is -0.385. The van der Waals surface area contributed by atoms with E-state index in [9.17, 15) is 0 Å². The number of benzene rings is 1. The van der Waals surface area contributed by atoms with Crippen LogP contribution in [-0.4, -0.2) is 20.3 Å². The van der Waals surface area contributed by atoms with Crippen LogP contribution in [0.25, 0.3) is 0 Å². The third-order valence-electron chi connectivity index (χ3n) is 2.91. The third kappa shape index (κ3) is 3.32. The first-order valence-corrected chi connectivity index (χ1v) is 6.14. The molecule has 2 rings (SSSR count). The Balaban J connectivity index is 2.15. The van der Waals surface area contributed by atoms with Gasteiger partial charge in [-0.15, -0.1) is 0 Å². The molecule has 1 aromatic carbocycles. The summed E-state index contributed by atoms with van der Waals surface area (Å²) in [5, 5.41) is 9.07. The van der Waals surface area contributed by atoms with E-state index in [1.54, 1.807) is 6.07 Å². The SMILES string of the molecule is N#Cc1ccccc1B1OCCCCCCO1. The average molecular weight is 229 g/mol. The molecule has 1 aliphatic heterocycles. The predicted molar refractivity (Wildman–Crippen MR) is 66.9 cm³/mol. The van der Waals surface area contributed by atoms with Gasteiger partial charge in [0.25, 0.3) is 0 Å². The van der Waals surface area contributed by atoms with E-state index in [2.05, 4.69) is 6.07 Å². The molecular weight excluding hydrogens is 213 g/mol. The largest absolute Gasteiger partial charge is 0.495 e. The molecule has 0 aromatic heterocycles. The highest BCUT2D eigenvalue weighted by atomic mass is 16.6. The smallest absolute Gasteiger partial charge is 0.407 e. The van der Waals surface area contributed by atoms with Crippen LogP contribution >= 0.6 is 0 Å².